The van der Waals surface area contributed by atoms with Crippen LogP contribution in [0, 0.1) is 5.92 Å². The zero-order valence-corrected chi connectivity index (χ0v) is 10.6. The number of aliphatic hydroxyl groups is 1. The molecule has 5 nitrogen and oxygen atoms in total. The molecule has 6 heteroatoms. The van der Waals surface area contributed by atoms with Crippen molar-refractivity contribution in [2.45, 2.75) is 39.0 Å². The van der Waals surface area contributed by atoms with Crippen LogP contribution in [0.15, 0.2) is 0 Å². The Kier molecular flexibility index (Phi) is 4.09. The maximum Gasteiger partial charge on any atom is 0.315 e. The molecule has 0 bridgehead atoms. The average Bonchev–Trinajstić information content (AvgIpc) is 2.14. The van der Waals surface area contributed by atoms with E-state index in [0.717, 1.165) is 0 Å². The second kappa shape index (κ2) is 4.97. The van der Waals surface area contributed by atoms with Crippen molar-refractivity contribution in [1.29, 1.82) is 0 Å². The van der Waals surface area contributed by atoms with Gasteiger partial charge in [-0.1, -0.05) is 6.92 Å². The molecule has 0 aromatic heterocycles. The molecule has 3 atom stereocenters. The molecule has 0 spiro atoms. The summed E-state index contributed by atoms with van der Waals surface area (Å²) < 4.78 is 4.96. The fraction of sp³-hybridized carbons (Fsp3) is 0.800. The third-order valence-electron chi connectivity index (χ3n) is 2.67. The molecule has 0 aromatic rings. The van der Waals surface area contributed by atoms with Crippen LogP contribution in [-0.4, -0.2) is 34.6 Å². The lowest BCUT2D eigenvalue weighted by Crippen LogP contribution is -2.68. The molecular formula is C10H18N2O3S. The third kappa shape index (κ3) is 2.62. The second-order valence-electron chi connectivity index (χ2n) is 3.99. The molecule has 0 unspecified atom stereocenters. The first kappa shape index (κ1) is 13.2. The highest BCUT2D eigenvalue weighted by molar-refractivity contribution is 7.80. The van der Waals surface area contributed by atoms with Gasteiger partial charge in [-0.15, -0.1) is 0 Å². The minimum atomic E-state index is -1.37. The van der Waals surface area contributed by atoms with Crippen molar-refractivity contribution in [2.24, 2.45) is 5.92 Å². The molecule has 1 heterocycles. The number of hydrogen-bond acceptors (Lipinski definition) is 4. The van der Waals surface area contributed by atoms with Gasteiger partial charge in [0.05, 0.1) is 6.61 Å². The summed E-state index contributed by atoms with van der Waals surface area (Å²) in [6.07, 6.45) is 0.682. The molecule has 1 rings (SSSR count). The van der Waals surface area contributed by atoms with E-state index in [2.05, 4.69) is 10.6 Å². The smallest absolute Gasteiger partial charge is 0.315 e. The summed E-state index contributed by atoms with van der Waals surface area (Å²) in [6.45, 7) is 5.49. The van der Waals surface area contributed by atoms with Gasteiger partial charge in [-0.05, 0) is 32.5 Å². The predicted octanol–water partition coefficient (Wildman–Crippen LogP) is 0.131. The van der Waals surface area contributed by atoms with E-state index < -0.39 is 17.6 Å². The van der Waals surface area contributed by atoms with Gasteiger partial charge < -0.3 is 20.5 Å². The molecule has 0 aliphatic carbocycles. The summed E-state index contributed by atoms with van der Waals surface area (Å²) in [6, 6.07) is -0.206. The molecule has 0 aromatic carbocycles. The summed E-state index contributed by atoms with van der Waals surface area (Å²) in [5, 5.41) is 16.2. The molecule has 1 fully saturated rings. The first-order valence-corrected chi connectivity index (χ1v) is 5.80. The minimum absolute atomic E-state index is 0.206. The topological polar surface area (TPSA) is 70.6 Å². The average molecular weight is 246 g/mol. The van der Waals surface area contributed by atoms with Crippen LogP contribution in [0.5, 0.6) is 0 Å². The Balaban J connectivity index is 2.90. The number of thiocarbonyl (C=S) groups is 1. The van der Waals surface area contributed by atoms with Gasteiger partial charge in [0.25, 0.3) is 0 Å². The van der Waals surface area contributed by atoms with Crippen LogP contribution in [0.25, 0.3) is 0 Å². The summed E-state index contributed by atoms with van der Waals surface area (Å²) in [7, 11) is 0. The van der Waals surface area contributed by atoms with Gasteiger partial charge in [0.1, 0.15) is 11.6 Å². The number of ether oxygens (including phenoxy) is 1. The first-order valence-electron chi connectivity index (χ1n) is 5.40. The molecule has 92 valence electrons. The van der Waals surface area contributed by atoms with Crippen LogP contribution < -0.4 is 10.6 Å². The van der Waals surface area contributed by atoms with Gasteiger partial charge in [0.2, 0.25) is 0 Å². The van der Waals surface area contributed by atoms with Crippen molar-refractivity contribution >= 4 is 23.3 Å². The second-order valence-corrected chi connectivity index (χ2v) is 4.40. The van der Waals surface area contributed by atoms with E-state index >= 15 is 0 Å². The lowest BCUT2D eigenvalue weighted by atomic mass is 9.86. The van der Waals surface area contributed by atoms with Crippen molar-refractivity contribution in [3.05, 3.63) is 0 Å². The molecular weight excluding hydrogens is 228 g/mol. The standard InChI is InChI=1S/C10H18N2O3S/c1-4-6-7(8(13)15-5-2)10(3,14)12-9(16)11-6/h6-7,14H,4-5H2,1-3H3,(H2,11,12,16)/t6-,7+,10+/m1/s1. The zero-order valence-electron chi connectivity index (χ0n) is 9.74. The zero-order chi connectivity index (χ0) is 12.3. The quantitative estimate of drug-likeness (QED) is 0.486. The van der Waals surface area contributed by atoms with Crippen molar-refractivity contribution in [2.75, 3.05) is 6.61 Å². The molecule has 1 aliphatic heterocycles. The van der Waals surface area contributed by atoms with E-state index in [1.165, 1.54) is 6.92 Å². The van der Waals surface area contributed by atoms with E-state index in [0.29, 0.717) is 18.1 Å². The highest BCUT2D eigenvalue weighted by Gasteiger charge is 2.47. The Hall–Kier alpha value is -0.880. The number of carbonyl (C=O) groups excluding carboxylic acids is 1. The monoisotopic (exact) mass is 246 g/mol. The molecule has 1 saturated heterocycles. The van der Waals surface area contributed by atoms with Crippen LogP contribution in [0.3, 0.4) is 0 Å². The van der Waals surface area contributed by atoms with Crippen molar-refractivity contribution in [3.63, 3.8) is 0 Å². The van der Waals surface area contributed by atoms with Crippen LogP contribution in [0.4, 0.5) is 0 Å². The Labute approximate surface area is 101 Å². The highest BCUT2D eigenvalue weighted by Crippen LogP contribution is 2.25. The maximum absolute atomic E-state index is 11.8. The summed E-state index contributed by atoms with van der Waals surface area (Å²) in [4.78, 5) is 11.8. The maximum atomic E-state index is 11.8. The van der Waals surface area contributed by atoms with Crippen LogP contribution in [0.1, 0.15) is 27.2 Å². The normalized spacial score (nSPS) is 33.9. The lowest BCUT2D eigenvalue weighted by molar-refractivity contribution is -0.162. The van der Waals surface area contributed by atoms with E-state index in [1.807, 2.05) is 6.92 Å². The molecule has 0 saturated carbocycles. The largest absolute Gasteiger partial charge is 0.466 e. The van der Waals surface area contributed by atoms with Gasteiger partial charge in [-0.25, -0.2) is 0 Å². The molecule has 1 aliphatic rings. The Morgan fingerprint density at radius 2 is 2.25 bits per heavy atom. The van der Waals surface area contributed by atoms with Crippen LogP contribution in [-0.2, 0) is 9.53 Å². The van der Waals surface area contributed by atoms with Crippen LogP contribution >= 0.6 is 12.2 Å². The Morgan fingerprint density at radius 3 is 2.75 bits per heavy atom. The van der Waals surface area contributed by atoms with E-state index in [1.54, 1.807) is 6.92 Å². The SMILES string of the molecule is CCOC(=O)[C@@H]1[C@@H](CC)NC(=S)N[C@@]1(C)O. The van der Waals surface area contributed by atoms with Gasteiger partial charge in [0, 0.05) is 6.04 Å². The van der Waals surface area contributed by atoms with Gasteiger partial charge in [-0.2, -0.15) is 0 Å². The molecule has 16 heavy (non-hydrogen) atoms. The molecule has 0 radical (unpaired) electrons. The van der Waals surface area contributed by atoms with Crippen molar-refractivity contribution < 1.29 is 14.6 Å². The number of nitrogens with one attached hydrogen (secondary N) is 2. The Bertz CT molecular complexity index is 294. The third-order valence-corrected chi connectivity index (χ3v) is 2.89. The fourth-order valence-electron chi connectivity index (χ4n) is 1.95. The van der Waals surface area contributed by atoms with Gasteiger partial charge in [-0.3, -0.25) is 4.79 Å². The Morgan fingerprint density at radius 1 is 1.62 bits per heavy atom. The molecule has 3 N–H and O–H groups in total. The molecule has 0 amide bonds. The summed E-state index contributed by atoms with van der Waals surface area (Å²) >= 11 is 4.97. The number of carbonyl (C=O) groups is 1. The predicted molar refractivity (Wildman–Crippen MR) is 63.7 cm³/mol. The van der Waals surface area contributed by atoms with Crippen molar-refractivity contribution in [3.8, 4) is 0 Å². The summed E-state index contributed by atoms with van der Waals surface area (Å²) in [5.74, 6) is -1.08. The van der Waals surface area contributed by atoms with E-state index in [4.69, 9.17) is 17.0 Å². The number of rotatable bonds is 3. The summed E-state index contributed by atoms with van der Waals surface area (Å²) in [5.41, 5.74) is -1.37. The van der Waals surface area contributed by atoms with Crippen molar-refractivity contribution in [1.82, 2.24) is 10.6 Å². The van der Waals surface area contributed by atoms with Crippen LogP contribution in [0.2, 0.25) is 0 Å². The number of esters is 1. The van der Waals surface area contributed by atoms with E-state index in [-0.39, 0.29) is 6.04 Å². The number of hydrogen-bond donors (Lipinski definition) is 3. The lowest BCUT2D eigenvalue weighted by Gasteiger charge is -2.42. The van der Waals surface area contributed by atoms with Gasteiger partial charge >= 0.3 is 5.97 Å². The van der Waals surface area contributed by atoms with E-state index in [9.17, 15) is 9.90 Å². The highest BCUT2D eigenvalue weighted by atomic mass is 32.1. The van der Waals surface area contributed by atoms with Gasteiger partial charge in [0.15, 0.2) is 5.11 Å². The first-order chi connectivity index (χ1) is 7.42. The fourth-order valence-corrected chi connectivity index (χ4v) is 2.31. The minimum Gasteiger partial charge on any atom is -0.466 e.